The molecule has 0 aromatic heterocycles. The molecule has 0 bridgehead atoms. The summed E-state index contributed by atoms with van der Waals surface area (Å²) in [5.41, 5.74) is 4.21. The van der Waals surface area contributed by atoms with Crippen LogP contribution < -0.4 is 5.32 Å². The Hall–Kier alpha value is -0.860. The summed E-state index contributed by atoms with van der Waals surface area (Å²) in [7, 11) is 0. The van der Waals surface area contributed by atoms with Crippen molar-refractivity contribution in [3.05, 3.63) is 34.9 Å². The standard InChI is InChI=1S/C16H27NO/c1-6-17-15(11-18-12(2)3)10-16-13(4)8-7-9-14(16)5/h7-9,12,15,17H,6,10-11H2,1-5H3. The van der Waals surface area contributed by atoms with Gasteiger partial charge in [-0.15, -0.1) is 0 Å². The van der Waals surface area contributed by atoms with E-state index in [0.717, 1.165) is 19.6 Å². The first-order valence-electron chi connectivity index (χ1n) is 6.94. The number of hydrogen-bond acceptors (Lipinski definition) is 2. The van der Waals surface area contributed by atoms with Crippen LogP contribution in [0.25, 0.3) is 0 Å². The third-order valence-corrected chi connectivity index (χ3v) is 3.22. The van der Waals surface area contributed by atoms with Gasteiger partial charge in [-0.3, -0.25) is 0 Å². The van der Waals surface area contributed by atoms with Crippen molar-refractivity contribution in [2.24, 2.45) is 0 Å². The lowest BCUT2D eigenvalue weighted by atomic mass is 9.96. The fourth-order valence-corrected chi connectivity index (χ4v) is 2.20. The molecule has 0 radical (unpaired) electrons. The molecule has 102 valence electrons. The Morgan fingerprint density at radius 3 is 2.28 bits per heavy atom. The van der Waals surface area contributed by atoms with Crippen LogP contribution in [0.1, 0.15) is 37.5 Å². The van der Waals surface area contributed by atoms with Crippen molar-refractivity contribution in [3.8, 4) is 0 Å². The first kappa shape index (κ1) is 15.2. The highest BCUT2D eigenvalue weighted by molar-refractivity contribution is 5.34. The molecule has 2 nitrogen and oxygen atoms in total. The maximum Gasteiger partial charge on any atom is 0.0626 e. The van der Waals surface area contributed by atoms with E-state index in [2.05, 4.69) is 58.1 Å². The van der Waals surface area contributed by atoms with Gasteiger partial charge in [0.15, 0.2) is 0 Å². The second-order valence-corrected chi connectivity index (χ2v) is 5.21. The highest BCUT2D eigenvalue weighted by atomic mass is 16.5. The van der Waals surface area contributed by atoms with Gasteiger partial charge in [0.1, 0.15) is 0 Å². The van der Waals surface area contributed by atoms with Crippen LogP contribution in [0.5, 0.6) is 0 Å². The van der Waals surface area contributed by atoms with Gasteiger partial charge in [-0.05, 0) is 57.4 Å². The van der Waals surface area contributed by atoms with E-state index in [0.29, 0.717) is 12.1 Å². The second kappa shape index (κ2) is 7.55. The average Bonchev–Trinajstić information content (AvgIpc) is 2.30. The smallest absolute Gasteiger partial charge is 0.0626 e. The molecule has 0 aliphatic rings. The van der Waals surface area contributed by atoms with Crippen molar-refractivity contribution in [2.75, 3.05) is 13.2 Å². The van der Waals surface area contributed by atoms with Gasteiger partial charge in [0.2, 0.25) is 0 Å². The molecule has 0 saturated carbocycles. The minimum absolute atomic E-state index is 0.295. The van der Waals surface area contributed by atoms with Crippen molar-refractivity contribution >= 4 is 0 Å². The molecule has 0 aliphatic carbocycles. The van der Waals surface area contributed by atoms with Crippen molar-refractivity contribution < 1.29 is 4.74 Å². The third-order valence-electron chi connectivity index (χ3n) is 3.22. The summed E-state index contributed by atoms with van der Waals surface area (Å²) in [5.74, 6) is 0. The summed E-state index contributed by atoms with van der Waals surface area (Å²) < 4.78 is 5.75. The van der Waals surface area contributed by atoms with Crippen LogP contribution in [0.2, 0.25) is 0 Å². The van der Waals surface area contributed by atoms with Crippen LogP contribution >= 0.6 is 0 Å². The quantitative estimate of drug-likeness (QED) is 0.801. The summed E-state index contributed by atoms with van der Waals surface area (Å²) in [5, 5.41) is 3.52. The normalized spacial score (nSPS) is 13.0. The lowest BCUT2D eigenvalue weighted by Crippen LogP contribution is -2.36. The van der Waals surface area contributed by atoms with Crippen molar-refractivity contribution in [2.45, 2.75) is 53.2 Å². The lowest BCUT2D eigenvalue weighted by Gasteiger charge is -2.21. The summed E-state index contributed by atoms with van der Waals surface area (Å²) in [4.78, 5) is 0. The molecule has 0 aliphatic heterocycles. The zero-order valence-electron chi connectivity index (χ0n) is 12.4. The second-order valence-electron chi connectivity index (χ2n) is 5.21. The van der Waals surface area contributed by atoms with E-state index in [1.165, 1.54) is 16.7 Å². The van der Waals surface area contributed by atoms with Gasteiger partial charge in [0, 0.05) is 6.04 Å². The molecular formula is C16H27NO. The summed E-state index contributed by atoms with van der Waals surface area (Å²) in [6.45, 7) is 12.5. The number of nitrogens with one attached hydrogen (secondary N) is 1. The zero-order valence-corrected chi connectivity index (χ0v) is 12.4. The molecule has 1 aromatic rings. The van der Waals surface area contributed by atoms with Crippen LogP contribution in [0, 0.1) is 13.8 Å². The van der Waals surface area contributed by atoms with Crippen molar-refractivity contribution in [3.63, 3.8) is 0 Å². The molecule has 1 unspecified atom stereocenters. The van der Waals surface area contributed by atoms with E-state index in [9.17, 15) is 0 Å². The van der Waals surface area contributed by atoms with Gasteiger partial charge >= 0.3 is 0 Å². The summed E-state index contributed by atoms with van der Waals surface area (Å²) in [6, 6.07) is 6.90. The van der Waals surface area contributed by atoms with E-state index < -0.39 is 0 Å². The SMILES string of the molecule is CCNC(COC(C)C)Cc1c(C)cccc1C. The number of likely N-dealkylation sites (N-methyl/N-ethyl adjacent to an activating group) is 1. The Labute approximate surface area is 112 Å². The van der Waals surface area contributed by atoms with Gasteiger partial charge in [-0.1, -0.05) is 25.1 Å². The molecule has 18 heavy (non-hydrogen) atoms. The number of rotatable bonds is 7. The topological polar surface area (TPSA) is 21.3 Å². The fourth-order valence-electron chi connectivity index (χ4n) is 2.20. The van der Waals surface area contributed by atoms with Crippen molar-refractivity contribution in [1.82, 2.24) is 5.32 Å². The summed E-state index contributed by atoms with van der Waals surface area (Å²) in [6.07, 6.45) is 1.34. The first-order chi connectivity index (χ1) is 8.54. The van der Waals surface area contributed by atoms with Crippen LogP contribution in [-0.4, -0.2) is 25.3 Å². The molecule has 0 spiro atoms. The number of benzene rings is 1. The largest absolute Gasteiger partial charge is 0.377 e. The Morgan fingerprint density at radius 1 is 1.17 bits per heavy atom. The molecule has 1 atom stereocenters. The van der Waals surface area contributed by atoms with Gasteiger partial charge in [0.25, 0.3) is 0 Å². The maximum absolute atomic E-state index is 5.75. The predicted molar refractivity (Wildman–Crippen MR) is 78.2 cm³/mol. The predicted octanol–water partition coefficient (Wildman–Crippen LogP) is 3.25. The molecule has 0 heterocycles. The molecule has 1 rings (SSSR count). The van der Waals surface area contributed by atoms with Gasteiger partial charge < -0.3 is 10.1 Å². The highest BCUT2D eigenvalue weighted by Gasteiger charge is 2.12. The monoisotopic (exact) mass is 249 g/mol. The van der Waals surface area contributed by atoms with Gasteiger partial charge in [0.05, 0.1) is 12.7 Å². The average molecular weight is 249 g/mol. The van der Waals surface area contributed by atoms with Crippen LogP contribution in [0.15, 0.2) is 18.2 Å². The van der Waals surface area contributed by atoms with Crippen LogP contribution in [0.3, 0.4) is 0 Å². The number of hydrogen-bond donors (Lipinski definition) is 1. The van der Waals surface area contributed by atoms with E-state index >= 15 is 0 Å². The third kappa shape index (κ3) is 4.79. The zero-order chi connectivity index (χ0) is 13.5. The van der Waals surface area contributed by atoms with Crippen LogP contribution in [0.4, 0.5) is 0 Å². The molecular weight excluding hydrogens is 222 g/mol. The molecule has 2 heteroatoms. The maximum atomic E-state index is 5.75. The number of aryl methyl sites for hydroxylation is 2. The summed E-state index contributed by atoms with van der Waals surface area (Å²) >= 11 is 0. The molecule has 1 aromatic carbocycles. The van der Waals surface area contributed by atoms with Gasteiger partial charge in [-0.2, -0.15) is 0 Å². The van der Waals surface area contributed by atoms with Gasteiger partial charge in [-0.25, -0.2) is 0 Å². The Morgan fingerprint density at radius 2 is 1.78 bits per heavy atom. The molecule has 0 amide bonds. The first-order valence-corrected chi connectivity index (χ1v) is 6.94. The fraction of sp³-hybridized carbons (Fsp3) is 0.625. The minimum atomic E-state index is 0.295. The van der Waals surface area contributed by atoms with Crippen molar-refractivity contribution in [1.29, 1.82) is 0 Å². The van der Waals surface area contributed by atoms with E-state index in [-0.39, 0.29) is 0 Å². The Balaban J connectivity index is 2.70. The number of ether oxygens (including phenoxy) is 1. The Bertz CT molecular complexity index is 340. The Kier molecular flexibility index (Phi) is 6.37. The lowest BCUT2D eigenvalue weighted by molar-refractivity contribution is 0.0615. The molecule has 0 fully saturated rings. The van der Waals surface area contributed by atoms with Crippen LogP contribution in [-0.2, 0) is 11.2 Å². The van der Waals surface area contributed by atoms with E-state index in [4.69, 9.17) is 4.74 Å². The highest BCUT2D eigenvalue weighted by Crippen LogP contribution is 2.15. The minimum Gasteiger partial charge on any atom is -0.377 e. The van der Waals surface area contributed by atoms with E-state index in [1.807, 2.05) is 0 Å². The molecule has 1 N–H and O–H groups in total. The molecule has 0 saturated heterocycles. The van der Waals surface area contributed by atoms with E-state index in [1.54, 1.807) is 0 Å².